The number of benzene rings is 3. The smallest absolute Gasteiger partial charge is 0.300 e. The number of ether oxygens (including phenoxy) is 4. The predicted molar refractivity (Wildman–Crippen MR) is 143 cm³/mol. The molecule has 196 valence electrons. The van der Waals surface area contributed by atoms with Crippen molar-refractivity contribution in [2.45, 2.75) is 6.04 Å². The molecular formula is C28H25ClN2O7. The minimum Gasteiger partial charge on any atom is -0.507 e. The molecule has 9 nitrogen and oxygen atoms in total. The molecule has 2 aliphatic heterocycles. The highest BCUT2D eigenvalue weighted by molar-refractivity contribution is 6.51. The Labute approximate surface area is 224 Å². The van der Waals surface area contributed by atoms with Crippen LogP contribution in [0.5, 0.6) is 23.0 Å². The minimum absolute atomic E-state index is 0.0606. The van der Waals surface area contributed by atoms with E-state index in [1.165, 1.54) is 31.3 Å². The third-order valence-electron chi connectivity index (χ3n) is 6.53. The molecule has 3 aromatic carbocycles. The quantitative estimate of drug-likeness (QED) is 0.273. The van der Waals surface area contributed by atoms with Crippen molar-refractivity contribution >= 4 is 40.4 Å². The van der Waals surface area contributed by atoms with Crippen molar-refractivity contribution in [3.63, 3.8) is 0 Å². The lowest BCUT2D eigenvalue weighted by Gasteiger charge is -2.26. The van der Waals surface area contributed by atoms with E-state index in [-0.39, 0.29) is 28.7 Å². The van der Waals surface area contributed by atoms with Gasteiger partial charge in [-0.15, -0.1) is 0 Å². The Morgan fingerprint density at radius 3 is 2.32 bits per heavy atom. The van der Waals surface area contributed by atoms with Crippen LogP contribution < -0.4 is 28.7 Å². The lowest BCUT2D eigenvalue weighted by Crippen LogP contribution is -2.29. The van der Waals surface area contributed by atoms with Crippen molar-refractivity contribution in [3.8, 4) is 23.0 Å². The molecule has 1 fully saturated rings. The molecule has 2 heterocycles. The first-order valence-electron chi connectivity index (χ1n) is 11.6. The summed E-state index contributed by atoms with van der Waals surface area (Å²) in [4.78, 5) is 30.3. The number of fused-ring (bicyclic) bond motifs is 1. The summed E-state index contributed by atoms with van der Waals surface area (Å²) in [7, 11) is 6.69. The zero-order valence-corrected chi connectivity index (χ0v) is 21.9. The molecule has 38 heavy (non-hydrogen) atoms. The topological polar surface area (TPSA) is 97.8 Å². The Bertz CT molecular complexity index is 1470. The normalized spacial score (nSPS) is 17.6. The third kappa shape index (κ3) is 4.14. The fourth-order valence-corrected chi connectivity index (χ4v) is 4.84. The van der Waals surface area contributed by atoms with E-state index in [1.807, 2.05) is 43.3 Å². The Morgan fingerprint density at radius 1 is 0.974 bits per heavy atom. The Hall–Kier alpha value is -4.37. The van der Waals surface area contributed by atoms with E-state index in [4.69, 9.17) is 30.5 Å². The van der Waals surface area contributed by atoms with E-state index >= 15 is 0 Å². The molecule has 0 spiro atoms. The maximum absolute atomic E-state index is 13.5. The number of anilines is 2. The molecule has 10 heteroatoms. The molecular weight excluding hydrogens is 512 g/mol. The first-order chi connectivity index (χ1) is 18.2. The van der Waals surface area contributed by atoms with Crippen molar-refractivity contribution in [3.05, 3.63) is 76.3 Å². The summed E-state index contributed by atoms with van der Waals surface area (Å²) >= 11 is 6.35. The van der Waals surface area contributed by atoms with E-state index in [0.29, 0.717) is 28.5 Å². The van der Waals surface area contributed by atoms with Crippen molar-refractivity contribution in [2.75, 3.05) is 44.9 Å². The highest BCUT2D eigenvalue weighted by Crippen LogP contribution is 2.46. The van der Waals surface area contributed by atoms with E-state index < -0.39 is 23.5 Å². The van der Waals surface area contributed by atoms with Crippen LogP contribution in [-0.2, 0) is 9.59 Å². The molecule has 0 saturated carbocycles. The monoisotopic (exact) mass is 536 g/mol. The number of nitrogens with zero attached hydrogens (tertiary/aromatic N) is 2. The third-order valence-corrected chi connectivity index (χ3v) is 6.83. The number of Topliss-reactive ketones (excluding diaryl/α,β-unsaturated/α-hetero) is 1. The number of aliphatic hydroxyl groups is 1. The summed E-state index contributed by atoms with van der Waals surface area (Å²) < 4.78 is 21.6. The van der Waals surface area contributed by atoms with Crippen molar-refractivity contribution in [1.82, 2.24) is 0 Å². The maximum Gasteiger partial charge on any atom is 0.300 e. The standard InChI is InChI=1S/C28H25ClN2O7/c1-30(2)16-7-5-15(6-8-16)25-24(26(32)18-12-19(29)22(36-4)13-21(18)35-3)27(33)28(34)31(25)17-9-10-20-23(11-17)38-14-37-20/h5-13,25,32H,14H2,1-4H3/b26-24+. The van der Waals surface area contributed by atoms with Gasteiger partial charge in [-0.25, -0.2) is 0 Å². The molecule has 1 atom stereocenters. The molecule has 0 bridgehead atoms. The van der Waals surface area contributed by atoms with Gasteiger partial charge in [-0.1, -0.05) is 23.7 Å². The molecule has 1 saturated heterocycles. The SMILES string of the molecule is COc1cc(OC)c(/C(O)=C2\C(=O)C(=O)N(c3ccc4c(c3)OCO4)C2c2ccc(N(C)C)cc2)cc1Cl. The lowest BCUT2D eigenvalue weighted by atomic mass is 9.94. The molecule has 5 rings (SSSR count). The first kappa shape index (κ1) is 25.3. The number of aliphatic hydroxyl groups excluding tert-OH is 1. The lowest BCUT2D eigenvalue weighted by molar-refractivity contribution is -0.132. The van der Waals surface area contributed by atoms with Crippen LogP contribution in [0, 0.1) is 0 Å². The first-order valence-corrected chi connectivity index (χ1v) is 12.0. The predicted octanol–water partition coefficient (Wildman–Crippen LogP) is 4.78. The molecule has 2 aliphatic rings. The fraction of sp³-hybridized carbons (Fsp3) is 0.214. The van der Waals surface area contributed by atoms with Crippen LogP contribution in [0.1, 0.15) is 17.2 Å². The summed E-state index contributed by atoms with van der Waals surface area (Å²) in [6, 6.07) is 14.4. The number of carbonyl (C=O) groups excluding carboxylic acids is 2. The van der Waals surface area contributed by atoms with Crippen molar-refractivity contribution in [1.29, 1.82) is 0 Å². The minimum atomic E-state index is -0.947. The van der Waals surface area contributed by atoms with Gasteiger partial charge in [-0.3, -0.25) is 14.5 Å². The zero-order chi connectivity index (χ0) is 27.1. The Kier molecular flexibility index (Phi) is 6.54. The van der Waals surface area contributed by atoms with Crippen LogP contribution in [0.25, 0.3) is 5.76 Å². The van der Waals surface area contributed by atoms with E-state index in [0.717, 1.165) is 5.69 Å². The summed E-state index contributed by atoms with van der Waals surface area (Å²) in [5, 5.41) is 11.8. The van der Waals surface area contributed by atoms with Crippen LogP contribution in [0.15, 0.2) is 60.2 Å². The second-order valence-electron chi connectivity index (χ2n) is 8.88. The molecule has 0 aliphatic carbocycles. The summed E-state index contributed by atoms with van der Waals surface area (Å²) in [5.41, 5.74) is 2.00. The largest absolute Gasteiger partial charge is 0.507 e. The second-order valence-corrected chi connectivity index (χ2v) is 9.29. The number of hydrogen-bond acceptors (Lipinski definition) is 8. The average molecular weight is 537 g/mol. The summed E-state index contributed by atoms with van der Waals surface area (Å²) in [6.45, 7) is 0.0606. The van der Waals surface area contributed by atoms with Crippen LogP contribution in [0.2, 0.25) is 5.02 Å². The Morgan fingerprint density at radius 2 is 1.66 bits per heavy atom. The highest BCUT2D eigenvalue weighted by Gasteiger charge is 2.47. The number of hydrogen-bond donors (Lipinski definition) is 1. The molecule has 0 aromatic heterocycles. The fourth-order valence-electron chi connectivity index (χ4n) is 4.59. The molecule has 3 aromatic rings. The van der Waals surface area contributed by atoms with Gasteiger partial charge in [0, 0.05) is 37.6 Å². The summed E-state index contributed by atoms with van der Waals surface area (Å²) in [5.74, 6) is -0.530. The number of carbonyl (C=O) groups is 2. The van der Waals surface area contributed by atoms with Gasteiger partial charge in [0.25, 0.3) is 11.7 Å². The van der Waals surface area contributed by atoms with Gasteiger partial charge in [-0.05, 0) is 35.9 Å². The van der Waals surface area contributed by atoms with Crippen LogP contribution >= 0.6 is 11.6 Å². The van der Waals surface area contributed by atoms with Gasteiger partial charge in [0.05, 0.1) is 36.4 Å². The number of amides is 1. The number of ketones is 1. The van der Waals surface area contributed by atoms with Crippen molar-refractivity contribution < 1.29 is 33.6 Å². The van der Waals surface area contributed by atoms with Crippen LogP contribution in [-0.4, -0.2) is 51.9 Å². The molecule has 1 unspecified atom stereocenters. The zero-order valence-electron chi connectivity index (χ0n) is 21.1. The van der Waals surface area contributed by atoms with Crippen LogP contribution in [0.4, 0.5) is 11.4 Å². The van der Waals surface area contributed by atoms with Gasteiger partial charge in [0.2, 0.25) is 6.79 Å². The number of rotatable bonds is 6. The van der Waals surface area contributed by atoms with E-state index in [1.54, 1.807) is 18.2 Å². The average Bonchev–Trinajstić information content (AvgIpc) is 3.49. The maximum atomic E-state index is 13.5. The van der Waals surface area contributed by atoms with Crippen molar-refractivity contribution in [2.24, 2.45) is 0 Å². The summed E-state index contributed by atoms with van der Waals surface area (Å²) in [6.07, 6.45) is 0. The van der Waals surface area contributed by atoms with Gasteiger partial charge in [-0.2, -0.15) is 0 Å². The van der Waals surface area contributed by atoms with Gasteiger partial charge in [0.1, 0.15) is 17.3 Å². The van der Waals surface area contributed by atoms with E-state index in [9.17, 15) is 14.7 Å². The second kappa shape index (κ2) is 9.83. The highest BCUT2D eigenvalue weighted by atomic mass is 35.5. The molecule has 1 amide bonds. The molecule has 1 N–H and O–H groups in total. The van der Waals surface area contributed by atoms with Crippen LogP contribution in [0.3, 0.4) is 0 Å². The van der Waals surface area contributed by atoms with Gasteiger partial charge >= 0.3 is 0 Å². The number of halogens is 1. The Balaban J connectivity index is 1.73. The molecule has 0 radical (unpaired) electrons. The van der Waals surface area contributed by atoms with E-state index in [2.05, 4.69) is 0 Å². The number of methoxy groups -OCH3 is 2. The van der Waals surface area contributed by atoms with Gasteiger partial charge in [0.15, 0.2) is 11.5 Å². The van der Waals surface area contributed by atoms with Gasteiger partial charge < -0.3 is 29.0 Å².